The van der Waals surface area contributed by atoms with E-state index in [2.05, 4.69) is 12.2 Å². The Labute approximate surface area is 114 Å². The number of rotatable bonds is 6. The van der Waals surface area contributed by atoms with Crippen LogP contribution >= 0.6 is 0 Å². The topological polar surface area (TPSA) is 46.2 Å². The lowest BCUT2D eigenvalue weighted by atomic mass is 9.86. The lowest BCUT2D eigenvalue weighted by molar-refractivity contribution is -0.119. The Kier molecular flexibility index (Phi) is 4.86. The summed E-state index contributed by atoms with van der Waals surface area (Å²) in [7, 11) is 0. The Morgan fingerprint density at radius 3 is 2.74 bits per heavy atom. The van der Waals surface area contributed by atoms with Crippen molar-refractivity contribution < 1.29 is 9.59 Å². The zero-order valence-corrected chi connectivity index (χ0v) is 11.4. The van der Waals surface area contributed by atoms with Gasteiger partial charge in [-0.25, -0.2) is 0 Å². The molecule has 0 spiro atoms. The number of hydrogen-bond acceptors (Lipinski definition) is 3. The predicted molar refractivity (Wildman–Crippen MR) is 75.4 cm³/mol. The van der Waals surface area contributed by atoms with Crippen LogP contribution in [0.3, 0.4) is 0 Å². The average molecular weight is 259 g/mol. The van der Waals surface area contributed by atoms with Gasteiger partial charge in [0.25, 0.3) is 0 Å². The lowest BCUT2D eigenvalue weighted by Gasteiger charge is -2.23. The van der Waals surface area contributed by atoms with E-state index in [4.69, 9.17) is 0 Å². The maximum Gasteiger partial charge on any atom is 0.187 e. The van der Waals surface area contributed by atoms with Crippen molar-refractivity contribution >= 4 is 11.6 Å². The van der Waals surface area contributed by atoms with Gasteiger partial charge < -0.3 is 5.32 Å². The maximum atomic E-state index is 12.3. The van der Waals surface area contributed by atoms with Crippen molar-refractivity contribution in [1.82, 2.24) is 5.32 Å². The highest BCUT2D eigenvalue weighted by molar-refractivity contribution is 6.18. The number of hydrogen-bond donors (Lipinski definition) is 1. The van der Waals surface area contributed by atoms with Gasteiger partial charge in [-0.05, 0) is 18.5 Å². The van der Waals surface area contributed by atoms with Gasteiger partial charge in [0.1, 0.15) is 6.04 Å². The van der Waals surface area contributed by atoms with Gasteiger partial charge in [0, 0.05) is 12.0 Å². The third kappa shape index (κ3) is 3.29. The Morgan fingerprint density at radius 2 is 1.95 bits per heavy atom. The molecular formula is C16H21NO2. The Balaban J connectivity index is 1.95. The first-order valence-corrected chi connectivity index (χ1v) is 7.12. The number of carbonyl (C=O) groups excluding carboxylic acids is 2. The van der Waals surface area contributed by atoms with Crippen LogP contribution in [-0.4, -0.2) is 24.2 Å². The van der Waals surface area contributed by atoms with Crippen LogP contribution in [0.25, 0.3) is 0 Å². The number of ketones is 2. The van der Waals surface area contributed by atoms with Crippen molar-refractivity contribution in [2.45, 2.75) is 45.1 Å². The Hall–Kier alpha value is -1.48. The van der Waals surface area contributed by atoms with Crippen LogP contribution in [0.2, 0.25) is 0 Å². The van der Waals surface area contributed by atoms with Gasteiger partial charge in [-0.1, -0.05) is 50.5 Å². The third-order valence-corrected chi connectivity index (χ3v) is 3.61. The standard InChI is InChI=1S/C16H21NO2/c1-2-3-4-7-10-17-15-14(18)11-12-8-5-6-9-13(12)16(15)19/h5-6,8-9,15,17H,2-4,7,10-11H2,1H3. The Bertz CT molecular complexity index is 468. The molecule has 2 rings (SSSR count). The van der Waals surface area contributed by atoms with Crippen LogP contribution < -0.4 is 5.32 Å². The molecule has 1 aromatic carbocycles. The highest BCUT2D eigenvalue weighted by atomic mass is 16.2. The molecule has 1 aliphatic carbocycles. The largest absolute Gasteiger partial charge is 0.301 e. The van der Waals surface area contributed by atoms with Gasteiger partial charge in [0.05, 0.1) is 0 Å². The van der Waals surface area contributed by atoms with Crippen molar-refractivity contribution in [2.75, 3.05) is 6.54 Å². The van der Waals surface area contributed by atoms with Gasteiger partial charge in [0.2, 0.25) is 0 Å². The number of carbonyl (C=O) groups is 2. The molecule has 0 fully saturated rings. The van der Waals surface area contributed by atoms with Crippen LogP contribution in [0.1, 0.15) is 48.5 Å². The van der Waals surface area contributed by atoms with Crippen LogP contribution in [0.15, 0.2) is 24.3 Å². The predicted octanol–water partition coefficient (Wildman–Crippen LogP) is 2.53. The summed E-state index contributed by atoms with van der Waals surface area (Å²) < 4.78 is 0. The normalized spacial score (nSPS) is 18.5. The molecule has 102 valence electrons. The van der Waals surface area contributed by atoms with Crippen molar-refractivity contribution in [3.63, 3.8) is 0 Å². The van der Waals surface area contributed by atoms with Crippen LogP contribution in [0, 0.1) is 0 Å². The average Bonchev–Trinajstić information content (AvgIpc) is 2.42. The quantitative estimate of drug-likeness (QED) is 0.631. The second-order valence-electron chi connectivity index (χ2n) is 5.11. The molecule has 0 saturated heterocycles. The van der Waals surface area contributed by atoms with Gasteiger partial charge in [-0.3, -0.25) is 9.59 Å². The summed E-state index contributed by atoms with van der Waals surface area (Å²) in [6.45, 7) is 2.91. The van der Waals surface area contributed by atoms with Crippen molar-refractivity contribution in [1.29, 1.82) is 0 Å². The molecule has 0 amide bonds. The molecule has 1 unspecified atom stereocenters. The lowest BCUT2D eigenvalue weighted by Crippen LogP contribution is -2.47. The van der Waals surface area contributed by atoms with Gasteiger partial charge in [0.15, 0.2) is 11.6 Å². The summed E-state index contributed by atoms with van der Waals surface area (Å²) in [5.41, 5.74) is 1.56. The van der Waals surface area contributed by atoms with E-state index in [1.54, 1.807) is 0 Å². The SMILES string of the molecule is CCCCCCNC1C(=O)Cc2ccccc2C1=O. The highest BCUT2D eigenvalue weighted by Crippen LogP contribution is 2.19. The molecular weight excluding hydrogens is 238 g/mol. The summed E-state index contributed by atoms with van der Waals surface area (Å²) in [5.74, 6) is -0.0680. The minimum Gasteiger partial charge on any atom is -0.301 e. The minimum atomic E-state index is -0.628. The van der Waals surface area contributed by atoms with E-state index in [9.17, 15) is 9.59 Å². The van der Waals surface area contributed by atoms with Gasteiger partial charge >= 0.3 is 0 Å². The first-order chi connectivity index (χ1) is 9.24. The summed E-state index contributed by atoms with van der Waals surface area (Å²) in [6, 6.07) is 6.78. The highest BCUT2D eigenvalue weighted by Gasteiger charge is 2.33. The fourth-order valence-corrected chi connectivity index (χ4v) is 2.51. The molecule has 0 aromatic heterocycles. The smallest absolute Gasteiger partial charge is 0.187 e. The van der Waals surface area contributed by atoms with Gasteiger partial charge in [-0.2, -0.15) is 0 Å². The van der Waals surface area contributed by atoms with E-state index >= 15 is 0 Å². The van der Waals surface area contributed by atoms with Crippen molar-refractivity contribution in [3.8, 4) is 0 Å². The van der Waals surface area contributed by atoms with E-state index in [0.717, 1.165) is 24.9 Å². The second-order valence-corrected chi connectivity index (χ2v) is 5.11. The molecule has 1 N–H and O–H groups in total. The monoisotopic (exact) mass is 259 g/mol. The first kappa shape index (κ1) is 13.9. The van der Waals surface area contributed by atoms with Gasteiger partial charge in [-0.15, -0.1) is 0 Å². The number of unbranched alkanes of at least 4 members (excludes halogenated alkanes) is 3. The fourth-order valence-electron chi connectivity index (χ4n) is 2.51. The van der Waals surface area contributed by atoms with Crippen LogP contribution in [0.4, 0.5) is 0 Å². The number of benzene rings is 1. The first-order valence-electron chi connectivity index (χ1n) is 7.12. The van der Waals surface area contributed by atoms with Crippen LogP contribution in [0.5, 0.6) is 0 Å². The van der Waals surface area contributed by atoms with E-state index in [1.165, 1.54) is 12.8 Å². The molecule has 0 bridgehead atoms. The molecule has 19 heavy (non-hydrogen) atoms. The zero-order valence-electron chi connectivity index (χ0n) is 11.4. The minimum absolute atomic E-state index is 0.000749. The molecule has 0 aliphatic heterocycles. The molecule has 0 heterocycles. The molecule has 3 heteroatoms. The molecule has 0 radical (unpaired) electrons. The summed E-state index contributed by atoms with van der Waals surface area (Å²) in [4.78, 5) is 24.3. The van der Waals surface area contributed by atoms with E-state index in [1.807, 2.05) is 24.3 Å². The van der Waals surface area contributed by atoms with E-state index < -0.39 is 6.04 Å². The molecule has 3 nitrogen and oxygen atoms in total. The number of fused-ring (bicyclic) bond motifs is 1. The van der Waals surface area contributed by atoms with E-state index in [0.29, 0.717) is 12.0 Å². The number of Topliss-reactive ketones (excluding diaryl/α,β-unsaturated/α-hetero) is 2. The summed E-state index contributed by atoms with van der Waals surface area (Å²) in [5, 5.41) is 3.12. The second kappa shape index (κ2) is 6.62. The van der Waals surface area contributed by atoms with E-state index in [-0.39, 0.29) is 11.6 Å². The molecule has 0 saturated carbocycles. The fraction of sp³-hybridized carbons (Fsp3) is 0.500. The maximum absolute atomic E-state index is 12.3. The molecule has 1 aromatic rings. The number of nitrogens with one attached hydrogen (secondary N) is 1. The van der Waals surface area contributed by atoms with Crippen LogP contribution in [-0.2, 0) is 11.2 Å². The summed E-state index contributed by atoms with van der Waals surface area (Å²) >= 11 is 0. The Morgan fingerprint density at radius 1 is 1.16 bits per heavy atom. The third-order valence-electron chi connectivity index (χ3n) is 3.61. The molecule has 1 atom stereocenters. The molecule has 1 aliphatic rings. The van der Waals surface area contributed by atoms with Crippen molar-refractivity contribution in [3.05, 3.63) is 35.4 Å². The summed E-state index contributed by atoms with van der Waals surface area (Å²) in [6.07, 6.45) is 4.93. The van der Waals surface area contributed by atoms with Crippen molar-refractivity contribution in [2.24, 2.45) is 0 Å². The zero-order chi connectivity index (χ0) is 13.7.